The molecule has 0 bridgehead atoms. The molecule has 0 spiro atoms. The van der Waals surface area contributed by atoms with Crippen LogP contribution in [-0.2, 0) is 0 Å². The number of hydrogen-bond acceptors (Lipinski definition) is 6. The van der Waals surface area contributed by atoms with Crippen molar-refractivity contribution in [2.75, 3.05) is 0 Å². The first-order valence-electron chi connectivity index (χ1n) is 1.20. The predicted molar refractivity (Wildman–Crippen MR) is 17.9 cm³/mol. The summed E-state index contributed by atoms with van der Waals surface area (Å²) in [7, 11) is -4.69. The van der Waals surface area contributed by atoms with Gasteiger partial charge in [0.1, 0.15) is 0 Å². The molecule has 0 radical (unpaired) electrons. The van der Waals surface area contributed by atoms with Gasteiger partial charge in [-0.1, -0.05) is 0 Å². The Kier molecular flexibility index (Phi) is 24.1. The summed E-state index contributed by atoms with van der Waals surface area (Å²) in [6.45, 7) is 0. The first-order chi connectivity index (χ1) is 3.73. The summed E-state index contributed by atoms with van der Waals surface area (Å²) in [5.74, 6) is 0. The van der Waals surface area contributed by atoms with Gasteiger partial charge in [0, 0.05) is 0 Å². The van der Waals surface area contributed by atoms with Crippen LogP contribution in [0.2, 0.25) is 0 Å². The van der Waals surface area contributed by atoms with Crippen molar-refractivity contribution >= 4 is 37.7 Å². The van der Waals surface area contributed by atoms with Crippen molar-refractivity contribution in [3.8, 4) is 0 Å². The minimum atomic E-state index is -4.69. The molecule has 0 saturated carbocycles. The molecule has 58 valence electrons. The number of hydrogen-bond donors (Lipinski definition) is 2. The summed E-state index contributed by atoms with van der Waals surface area (Å²) in [6, 6.07) is 0. The Morgan fingerprint density at radius 3 is 1.36 bits per heavy atom. The average Bonchev–Trinajstić information content (AvgIpc) is 1.19. The number of rotatable bonds is 0. The van der Waals surface area contributed by atoms with Crippen molar-refractivity contribution in [1.82, 2.24) is 0 Å². The van der Waals surface area contributed by atoms with Gasteiger partial charge in [0.2, 0.25) is 0 Å². The fourth-order valence-corrected chi connectivity index (χ4v) is 0. The molecule has 0 rings (SSSR count). The molecule has 0 fully saturated rings. The molecule has 0 aromatic carbocycles. The molecule has 0 aliphatic heterocycles. The SMILES string of the molecule is O=[N+]([O-])O.[Ca+2].[H-].[Na+].[O-][Cl+3]([O-])([O-])O. The van der Waals surface area contributed by atoms with Gasteiger partial charge in [-0.25, -0.2) is 0 Å². The molecule has 0 saturated heterocycles. The Morgan fingerprint density at radius 2 is 1.36 bits per heavy atom. The minimum absolute atomic E-state index is 0. The van der Waals surface area contributed by atoms with E-state index in [1.807, 2.05) is 0 Å². The first-order valence-corrected chi connectivity index (χ1v) is 2.46. The molecular weight excluding hydrogens is 225 g/mol. The van der Waals surface area contributed by atoms with Crippen LogP contribution in [0.25, 0.3) is 0 Å². The molecule has 0 aliphatic carbocycles. The van der Waals surface area contributed by atoms with E-state index in [0.29, 0.717) is 0 Å². The molecule has 0 aliphatic rings. The van der Waals surface area contributed by atoms with E-state index < -0.39 is 15.3 Å². The standard InChI is InChI=1S/Ca.ClHO4.HNO3.Na.H/c;2-1(3,4)5;2-1(3)4;;/h;(H,2,3,4,5);(H,2,3,4);;/q+2;;;+1;-1. The van der Waals surface area contributed by atoms with E-state index in [1.165, 1.54) is 0 Å². The second-order valence-electron chi connectivity index (χ2n) is 0.634. The molecule has 11 heteroatoms. The Morgan fingerprint density at radius 1 is 1.36 bits per heavy atom. The van der Waals surface area contributed by atoms with E-state index >= 15 is 0 Å². The van der Waals surface area contributed by atoms with Crippen molar-refractivity contribution in [3.63, 3.8) is 0 Å². The smallest absolute Gasteiger partial charge is 1.00 e. The molecule has 0 heterocycles. The quantitative estimate of drug-likeness (QED) is 0.237. The topological polar surface area (TPSA) is 153 Å². The van der Waals surface area contributed by atoms with Crippen molar-refractivity contribution in [3.05, 3.63) is 10.1 Å². The van der Waals surface area contributed by atoms with Crippen LogP contribution in [0.4, 0.5) is 0 Å². The molecule has 0 unspecified atom stereocenters. The molecule has 0 aromatic heterocycles. The van der Waals surface area contributed by atoms with Crippen LogP contribution < -0.4 is 43.5 Å². The third-order valence-electron chi connectivity index (χ3n) is 0. The third-order valence-corrected chi connectivity index (χ3v) is 0. The van der Waals surface area contributed by atoms with Crippen LogP contribution in [0.1, 0.15) is 1.43 Å². The third kappa shape index (κ3) is 422. The molecular formula is H3CaClNNaO7+2. The van der Waals surface area contributed by atoms with Gasteiger partial charge in [0.05, 0.1) is 14.9 Å². The van der Waals surface area contributed by atoms with Crippen LogP contribution in [0.3, 0.4) is 0 Å². The van der Waals surface area contributed by atoms with Crippen LogP contribution in [0, 0.1) is 20.4 Å². The maximum atomic E-state index is 8.60. The van der Waals surface area contributed by atoms with Gasteiger partial charge in [-0.3, -0.25) is 0 Å². The second kappa shape index (κ2) is 11.6. The van der Waals surface area contributed by atoms with E-state index in [4.69, 9.17) is 34.0 Å². The van der Waals surface area contributed by atoms with E-state index in [0.717, 1.165) is 0 Å². The average molecular weight is 228 g/mol. The van der Waals surface area contributed by atoms with Crippen molar-refractivity contribution in [2.45, 2.75) is 0 Å². The summed E-state index contributed by atoms with van der Waals surface area (Å²) in [5, 5.41) is 13.6. The normalized spacial score (nSPS) is 7.64. The molecule has 8 nitrogen and oxygen atoms in total. The van der Waals surface area contributed by atoms with E-state index in [1.54, 1.807) is 0 Å². The maximum absolute atomic E-state index is 8.60. The monoisotopic (exact) mass is 227 g/mol. The van der Waals surface area contributed by atoms with E-state index in [9.17, 15) is 0 Å². The van der Waals surface area contributed by atoms with Crippen LogP contribution in [-0.4, -0.2) is 52.7 Å². The summed E-state index contributed by atoms with van der Waals surface area (Å²) in [6.07, 6.45) is 0. The number of nitrogens with zero attached hydrogens (tertiary/aromatic N) is 1. The zero-order valence-corrected chi connectivity index (χ0v) is 10.4. The zero-order valence-electron chi connectivity index (χ0n) is 6.47. The molecule has 0 amide bonds. The van der Waals surface area contributed by atoms with Gasteiger partial charge in [-0.15, -0.1) is 10.1 Å². The van der Waals surface area contributed by atoms with Crippen LogP contribution in [0.15, 0.2) is 0 Å². The Balaban J connectivity index is -0.0000000221. The van der Waals surface area contributed by atoms with Crippen molar-refractivity contribution in [1.29, 1.82) is 0 Å². The van der Waals surface area contributed by atoms with Gasteiger partial charge < -0.3 is 6.63 Å². The Labute approximate surface area is 116 Å². The molecule has 11 heavy (non-hydrogen) atoms. The van der Waals surface area contributed by atoms with Crippen LogP contribution >= 0.6 is 0 Å². The van der Waals surface area contributed by atoms with E-state index in [2.05, 4.69) is 0 Å². The van der Waals surface area contributed by atoms with Gasteiger partial charge in [0.15, 0.2) is 0 Å². The van der Waals surface area contributed by atoms with Gasteiger partial charge >= 0.3 is 67.3 Å². The van der Waals surface area contributed by atoms with Gasteiger partial charge in [0.25, 0.3) is 5.09 Å². The molecule has 0 atom stereocenters. The van der Waals surface area contributed by atoms with E-state index in [-0.39, 0.29) is 68.7 Å². The fourth-order valence-electron chi connectivity index (χ4n) is 0. The summed E-state index contributed by atoms with van der Waals surface area (Å²) < 4.78 is 32.7. The predicted octanol–water partition coefficient (Wildman–Crippen LogP) is -7.74. The van der Waals surface area contributed by atoms with Gasteiger partial charge in [-0.2, -0.15) is 14.0 Å². The molecule has 2 N–H and O–H groups in total. The molecule has 0 aromatic rings. The van der Waals surface area contributed by atoms with Crippen LogP contribution in [0.5, 0.6) is 0 Å². The van der Waals surface area contributed by atoms with Crippen molar-refractivity contribution < 1.29 is 70.2 Å². The Bertz CT molecular complexity index is 85.9. The fraction of sp³-hybridized carbons (Fsp3) is 0. The van der Waals surface area contributed by atoms with Gasteiger partial charge in [-0.05, 0) is 0 Å². The summed E-state index contributed by atoms with van der Waals surface area (Å²) in [5.41, 5.74) is 0. The summed E-state index contributed by atoms with van der Waals surface area (Å²) in [4.78, 5) is 8.36. The number of halogens is 1. The summed E-state index contributed by atoms with van der Waals surface area (Å²) >= 11 is 0. The van der Waals surface area contributed by atoms with Crippen molar-refractivity contribution in [2.24, 2.45) is 0 Å². The first kappa shape index (κ1) is 22.9. The zero-order chi connectivity index (χ0) is 8.08. The maximum Gasteiger partial charge on any atom is 2.00 e. The minimum Gasteiger partial charge on any atom is -1.00 e. The largest absolute Gasteiger partial charge is 2.00 e. The Hall–Kier alpha value is 1.59. The second-order valence-corrected chi connectivity index (χ2v) is 1.43.